The Balaban J connectivity index is 2.89. The number of aryl methyl sites for hydroxylation is 1. The van der Waals surface area contributed by atoms with E-state index < -0.39 is 0 Å². The Morgan fingerprint density at radius 3 is 2.92 bits per heavy atom. The Bertz CT molecular complexity index is 347. The largest absolute Gasteiger partial charge is 0.309 e. The van der Waals surface area contributed by atoms with Crippen molar-refractivity contribution >= 4 is 0 Å². The summed E-state index contributed by atoms with van der Waals surface area (Å²) in [7, 11) is 1.81. The third-order valence-corrected chi connectivity index (χ3v) is 1.61. The van der Waals surface area contributed by atoms with Gasteiger partial charge in [-0.25, -0.2) is 4.39 Å². The average Bonchev–Trinajstić information content (AvgIpc) is 2.11. The van der Waals surface area contributed by atoms with Crippen molar-refractivity contribution in [2.45, 2.75) is 6.92 Å². The first-order valence-corrected chi connectivity index (χ1v) is 4.13. The first-order valence-electron chi connectivity index (χ1n) is 4.13. The molecule has 0 aliphatic rings. The van der Waals surface area contributed by atoms with Crippen LogP contribution in [0.2, 0.25) is 0 Å². The van der Waals surface area contributed by atoms with Crippen LogP contribution in [0.4, 0.5) is 4.39 Å². The van der Waals surface area contributed by atoms with Gasteiger partial charge < -0.3 is 5.32 Å². The molecular weight excluding hydrogens is 165 g/mol. The highest BCUT2D eigenvalue weighted by atomic mass is 19.1. The molecule has 13 heavy (non-hydrogen) atoms. The Kier molecular flexibility index (Phi) is 3.48. The molecule has 0 unspecified atom stereocenters. The summed E-state index contributed by atoms with van der Waals surface area (Å²) in [5.74, 6) is 5.33. The molecule has 1 aromatic carbocycles. The first kappa shape index (κ1) is 9.76. The maximum absolute atomic E-state index is 13.1. The Morgan fingerprint density at radius 2 is 2.23 bits per heavy atom. The molecule has 68 valence electrons. The van der Waals surface area contributed by atoms with Crippen LogP contribution in [0.1, 0.15) is 11.1 Å². The summed E-state index contributed by atoms with van der Waals surface area (Å²) in [5, 5.41) is 2.88. The summed E-state index contributed by atoms with van der Waals surface area (Å²) in [6, 6.07) is 4.93. The highest BCUT2D eigenvalue weighted by molar-refractivity contribution is 5.38. The molecule has 2 heteroatoms. The molecule has 0 saturated carbocycles. The predicted octanol–water partition coefficient (Wildman–Crippen LogP) is 1.71. The van der Waals surface area contributed by atoms with E-state index in [0.717, 1.165) is 5.56 Å². The van der Waals surface area contributed by atoms with Crippen molar-refractivity contribution in [2.75, 3.05) is 13.6 Å². The molecule has 1 aromatic rings. The van der Waals surface area contributed by atoms with E-state index in [9.17, 15) is 4.39 Å². The van der Waals surface area contributed by atoms with Gasteiger partial charge in [0.2, 0.25) is 0 Å². The van der Waals surface area contributed by atoms with E-state index in [1.54, 1.807) is 19.2 Å². The lowest BCUT2D eigenvalue weighted by molar-refractivity contribution is 0.624. The van der Waals surface area contributed by atoms with Gasteiger partial charge in [-0.2, -0.15) is 0 Å². The van der Waals surface area contributed by atoms with Crippen LogP contribution in [0.5, 0.6) is 0 Å². The predicted molar refractivity (Wildman–Crippen MR) is 51.9 cm³/mol. The summed E-state index contributed by atoms with van der Waals surface area (Å²) < 4.78 is 13.1. The minimum absolute atomic E-state index is 0.255. The van der Waals surface area contributed by atoms with E-state index in [4.69, 9.17) is 0 Å². The van der Waals surface area contributed by atoms with Crippen molar-refractivity contribution in [3.05, 3.63) is 35.1 Å². The zero-order chi connectivity index (χ0) is 9.68. The fourth-order valence-electron chi connectivity index (χ4n) is 0.963. The molecule has 0 spiro atoms. The van der Waals surface area contributed by atoms with Crippen LogP contribution in [-0.4, -0.2) is 13.6 Å². The van der Waals surface area contributed by atoms with Gasteiger partial charge in [0.15, 0.2) is 0 Å². The normalized spacial score (nSPS) is 9.15. The summed E-state index contributed by atoms with van der Waals surface area (Å²) in [5.41, 5.74) is 1.49. The molecule has 1 nitrogen and oxygen atoms in total. The molecule has 1 rings (SSSR count). The number of hydrogen-bond acceptors (Lipinski definition) is 1. The molecule has 0 aliphatic carbocycles. The van der Waals surface area contributed by atoms with Gasteiger partial charge in [0, 0.05) is 0 Å². The lowest BCUT2D eigenvalue weighted by Gasteiger charge is -1.95. The SMILES string of the molecule is CNCC#Cc1cc(C)ccc1F. The average molecular weight is 177 g/mol. The molecule has 0 radical (unpaired) electrons. The first-order chi connectivity index (χ1) is 6.24. The van der Waals surface area contributed by atoms with E-state index in [0.29, 0.717) is 12.1 Å². The molecule has 0 heterocycles. The lowest BCUT2D eigenvalue weighted by atomic mass is 10.1. The number of benzene rings is 1. The lowest BCUT2D eigenvalue weighted by Crippen LogP contribution is -2.04. The maximum Gasteiger partial charge on any atom is 0.138 e. The van der Waals surface area contributed by atoms with Crippen molar-refractivity contribution in [1.29, 1.82) is 0 Å². The van der Waals surface area contributed by atoms with E-state index >= 15 is 0 Å². The van der Waals surface area contributed by atoms with Crippen molar-refractivity contribution in [3.63, 3.8) is 0 Å². The number of rotatable bonds is 1. The number of hydrogen-bond donors (Lipinski definition) is 1. The second-order valence-corrected chi connectivity index (χ2v) is 2.82. The van der Waals surface area contributed by atoms with Crippen LogP contribution in [0.25, 0.3) is 0 Å². The van der Waals surface area contributed by atoms with E-state index in [1.165, 1.54) is 6.07 Å². The molecule has 0 aromatic heterocycles. The Morgan fingerprint density at radius 1 is 1.46 bits per heavy atom. The maximum atomic E-state index is 13.1. The van der Waals surface area contributed by atoms with Crippen LogP contribution in [-0.2, 0) is 0 Å². The van der Waals surface area contributed by atoms with Gasteiger partial charge in [0.1, 0.15) is 5.82 Å². The smallest absolute Gasteiger partial charge is 0.138 e. The van der Waals surface area contributed by atoms with Gasteiger partial charge in [0.05, 0.1) is 12.1 Å². The van der Waals surface area contributed by atoms with Crippen molar-refractivity contribution in [1.82, 2.24) is 5.32 Å². The summed E-state index contributed by atoms with van der Waals surface area (Å²) in [6.45, 7) is 2.50. The molecule has 0 atom stereocenters. The summed E-state index contributed by atoms with van der Waals surface area (Å²) >= 11 is 0. The minimum atomic E-state index is -0.255. The van der Waals surface area contributed by atoms with E-state index in [-0.39, 0.29) is 5.82 Å². The van der Waals surface area contributed by atoms with Gasteiger partial charge in [-0.3, -0.25) is 0 Å². The quantitative estimate of drug-likeness (QED) is 0.644. The van der Waals surface area contributed by atoms with Crippen LogP contribution in [0, 0.1) is 24.6 Å². The van der Waals surface area contributed by atoms with Crippen LogP contribution in [0.15, 0.2) is 18.2 Å². The van der Waals surface area contributed by atoms with Gasteiger partial charge >= 0.3 is 0 Å². The van der Waals surface area contributed by atoms with Gasteiger partial charge in [-0.05, 0) is 31.7 Å². The molecule has 1 N–H and O–H groups in total. The third-order valence-electron chi connectivity index (χ3n) is 1.61. The fourth-order valence-corrected chi connectivity index (χ4v) is 0.963. The van der Waals surface area contributed by atoms with Gasteiger partial charge in [0.25, 0.3) is 0 Å². The Hall–Kier alpha value is -1.33. The van der Waals surface area contributed by atoms with Crippen LogP contribution in [0.3, 0.4) is 0 Å². The van der Waals surface area contributed by atoms with Crippen molar-refractivity contribution in [2.24, 2.45) is 0 Å². The topological polar surface area (TPSA) is 12.0 Å². The zero-order valence-electron chi connectivity index (χ0n) is 7.82. The van der Waals surface area contributed by atoms with Gasteiger partial charge in [-0.1, -0.05) is 17.9 Å². The van der Waals surface area contributed by atoms with Crippen LogP contribution < -0.4 is 5.32 Å². The third kappa shape index (κ3) is 2.89. The molecule has 0 saturated heterocycles. The van der Waals surface area contributed by atoms with Gasteiger partial charge in [-0.15, -0.1) is 0 Å². The Labute approximate surface area is 78.0 Å². The van der Waals surface area contributed by atoms with E-state index in [2.05, 4.69) is 17.2 Å². The zero-order valence-corrected chi connectivity index (χ0v) is 7.82. The number of halogens is 1. The molecular formula is C11H12FN. The minimum Gasteiger partial charge on any atom is -0.309 e. The second kappa shape index (κ2) is 4.64. The van der Waals surface area contributed by atoms with Crippen molar-refractivity contribution < 1.29 is 4.39 Å². The summed E-state index contributed by atoms with van der Waals surface area (Å²) in [6.07, 6.45) is 0. The highest BCUT2D eigenvalue weighted by Crippen LogP contribution is 2.07. The van der Waals surface area contributed by atoms with Crippen LogP contribution >= 0.6 is 0 Å². The standard InChI is InChI=1S/C11H12FN/c1-9-5-6-11(12)10(8-9)4-3-7-13-2/h5-6,8,13H,7H2,1-2H3. The van der Waals surface area contributed by atoms with Crippen molar-refractivity contribution in [3.8, 4) is 11.8 Å². The number of nitrogens with one attached hydrogen (secondary N) is 1. The second-order valence-electron chi connectivity index (χ2n) is 2.82. The van der Waals surface area contributed by atoms with E-state index in [1.807, 2.05) is 6.92 Å². The highest BCUT2D eigenvalue weighted by Gasteiger charge is 1.96. The molecule has 0 bridgehead atoms. The molecule has 0 fully saturated rings. The monoisotopic (exact) mass is 177 g/mol. The fraction of sp³-hybridized carbons (Fsp3) is 0.273. The molecule has 0 aliphatic heterocycles. The summed E-state index contributed by atoms with van der Waals surface area (Å²) in [4.78, 5) is 0. The molecule has 0 amide bonds.